The molecular weight excluding hydrogens is 259 g/mol. The Morgan fingerprint density at radius 1 is 1.25 bits per heavy atom. The highest BCUT2D eigenvalue weighted by Crippen LogP contribution is 2.26. The summed E-state index contributed by atoms with van der Waals surface area (Å²) in [5.41, 5.74) is 7.86. The second-order valence-electron chi connectivity index (χ2n) is 4.39. The number of halogens is 1. The number of nitrogens with one attached hydrogen (secondary N) is 1. The van der Waals surface area contributed by atoms with Gasteiger partial charge in [0.05, 0.1) is 18.4 Å². The number of carbonyl (C=O) groups excluding carboxylic acids is 1. The Labute approximate surface area is 116 Å². The summed E-state index contributed by atoms with van der Waals surface area (Å²) in [6.07, 6.45) is 0. The number of benzene rings is 2. The van der Waals surface area contributed by atoms with Crippen LogP contribution in [-0.4, -0.2) is 13.0 Å². The molecule has 2 rings (SSSR count). The molecule has 0 aliphatic rings. The van der Waals surface area contributed by atoms with Gasteiger partial charge in [0, 0.05) is 11.8 Å². The molecule has 0 saturated carbocycles. The minimum atomic E-state index is -0.435. The van der Waals surface area contributed by atoms with Crippen LogP contribution in [0.3, 0.4) is 0 Å². The molecule has 1 amide bonds. The van der Waals surface area contributed by atoms with Crippen molar-refractivity contribution in [3.63, 3.8) is 0 Å². The molecule has 0 aliphatic carbocycles. The lowest BCUT2D eigenvalue weighted by Crippen LogP contribution is -2.15. The number of rotatable bonds is 3. The zero-order chi connectivity index (χ0) is 14.7. The zero-order valence-corrected chi connectivity index (χ0v) is 11.2. The Balaban J connectivity index is 2.30. The van der Waals surface area contributed by atoms with Gasteiger partial charge >= 0.3 is 0 Å². The van der Waals surface area contributed by atoms with Crippen LogP contribution < -0.4 is 15.8 Å². The molecule has 20 heavy (non-hydrogen) atoms. The van der Waals surface area contributed by atoms with Crippen LogP contribution in [0.25, 0.3) is 0 Å². The van der Waals surface area contributed by atoms with E-state index in [2.05, 4.69) is 5.32 Å². The first-order chi connectivity index (χ1) is 9.51. The van der Waals surface area contributed by atoms with Crippen molar-refractivity contribution >= 4 is 17.3 Å². The molecule has 0 aliphatic heterocycles. The van der Waals surface area contributed by atoms with Gasteiger partial charge in [-0.2, -0.15) is 0 Å². The maximum absolute atomic E-state index is 13.1. The summed E-state index contributed by atoms with van der Waals surface area (Å²) >= 11 is 0. The fraction of sp³-hybridized carbons (Fsp3) is 0.133. The molecule has 0 radical (unpaired) electrons. The predicted octanol–water partition coefficient (Wildman–Crippen LogP) is 2.98. The van der Waals surface area contributed by atoms with Crippen molar-refractivity contribution in [1.82, 2.24) is 0 Å². The molecule has 0 atom stereocenters. The van der Waals surface area contributed by atoms with Crippen molar-refractivity contribution in [2.24, 2.45) is 0 Å². The largest absolute Gasteiger partial charge is 0.494 e. The van der Waals surface area contributed by atoms with E-state index in [1.54, 1.807) is 12.1 Å². The summed E-state index contributed by atoms with van der Waals surface area (Å²) in [6.45, 7) is 1.87. The van der Waals surface area contributed by atoms with E-state index in [0.29, 0.717) is 16.9 Å². The molecule has 3 N–H and O–H groups in total. The van der Waals surface area contributed by atoms with Crippen LogP contribution in [0.15, 0.2) is 36.4 Å². The third-order valence-electron chi connectivity index (χ3n) is 2.87. The summed E-state index contributed by atoms with van der Waals surface area (Å²) in [6, 6.07) is 9.09. The monoisotopic (exact) mass is 274 g/mol. The smallest absolute Gasteiger partial charge is 0.257 e. The summed E-state index contributed by atoms with van der Waals surface area (Å²) in [5.74, 6) is -0.546. The van der Waals surface area contributed by atoms with Crippen LogP contribution in [0.4, 0.5) is 15.8 Å². The number of methoxy groups -OCH3 is 1. The number of aryl methyl sites for hydroxylation is 1. The SMILES string of the molecule is COc1cc(F)ccc1NC(=O)c1cc(C)ccc1N. The third-order valence-corrected chi connectivity index (χ3v) is 2.87. The molecule has 4 nitrogen and oxygen atoms in total. The maximum atomic E-state index is 13.1. The van der Waals surface area contributed by atoms with E-state index in [-0.39, 0.29) is 11.7 Å². The average Bonchev–Trinajstić information content (AvgIpc) is 2.43. The topological polar surface area (TPSA) is 64.3 Å². The van der Waals surface area contributed by atoms with Gasteiger partial charge in [-0.15, -0.1) is 0 Å². The first-order valence-corrected chi connectivity index (χ1v) is 6.02. The molecule has 0 fully saturated rings. The van der Waals surface area contributed by atoms with Gasteiger partial charge < -0.3 is 15.8 Å². The number of amides is 1. The first-order valence-electron chi connectivity index (χ1n) is 6.02. The number of hydrogen-bond acceptors (Lipinski definition) is 3. The minimum Gasteiger partial charge on any atom is -0.494 e. The van der Waals surface area contributed by atoms with Crippen molar-refractivity contribution in [3.8, 4) is 5.75 Å². The quantitative estimate of drug-likeness (QED) is 0.846. The summed E-state index contributed by atoms with van der Waals surface area (Å²) < 4.78 is 18.1. The molecule has 0 heterocycles. The Morgan fingerprint density at radius 3 is 2.70 bits per heavy atom. The molecule has 5 heteroatoms. The number of anilines is 2. The Kier molecular flexibility index (Phi) is 3.89. The number of hydrogen-bond donors (Lipinski definition) is 2. The van der Waals surface area contributed by atoms with E-state index in [1.807, 2.05) is 13.0 Å². The molecule has 2 aromatic rings. The fourth-order valence-corrected chi connectivity index (χ4v) is 1.82. The standard InChI is InChI=1S/C15H15FN2O2/c1-9-3-5-12(17)11(7-9)15(19)18-13-6-4-10(16)8-14(13)20-2/h3-8H,17H2,1-2H3,(H,18,19). The lowest BCUT2D eigenvalue weighted by molar-refractivity contribution is 0.102. The minimum absolute atomic E-state index is 0.254. The van der Waals surface area contributed by atoms with Gasteiger partial charge in [0.15, 0.2) is 0 Å². The fourth-order valence-electron chi connectivity index (χ4n) is 1.82. The van der Waals surface area contributed by atoms with E-state index >= 15 is 0 Å². The van der Waals surface area contributed by atoms with Crippen molar-refractivity contribution in [1.29, 1.82) is 0 Å². The number of ether oxygens (including phenoxy) is 1. The van der Waals surface area contributed by atoms with Crippen LogP contribution in [0.5, 0.6) is 5.75 Å². The Hall–Kier alpha value is -2.56. The highest BCUT2D eigenvalue weighted by atomic mass is 19.1. The number of nitrogen functional groups attached to an aromatic ring is 1. The number of nitrogens with two attached hydrogens (primary N) is 1. The highest BCUT2D eigenvalue weighted by Gasteiger charge is 2.13. The Morgan fingerprint density at radius 2 is 2.00 bits per heavy atom. The van der Waals surface area contributed by atoms with E-state index in [9.17, 15) is 9.18 Å². The van der Waals surface area contributed by atoms with Crippen LogP contribution in [0.2, 0.25) is 0 Å². The van der Waals surface area contributed by atoms with E-state index in [1.165, 1.54) is 25.3 Å². The summed E-state index contributed by atoms with van der Waals surface area (Å²) in [5, 5.41) is 2.66. The van der Waals surface area contributed by atoms with Crippen LogP contribution in [-0.2, 0) is 0 Å². The zero-order valence-electron chi connectivity index (χ0n) is 11.2. The first kappa shape index (κ1) is 13.9. The summed E-state index contributed by atoms with van der Waals surface area (Å²) in [4.78, 5) is 12.2. The Bertz CT molecular complexity index is 656. The van der Waals surface area contributed by atoms with Gasteiger partial charge in [-0.25, -0.2) is 4.39 Å². The van der Waals surface area contributed by atoms with Gasteiger partial charge in [-0.1, -0.05) is 11.6 Å². The lowest BCUT2D eigenvalue weighted by Gasteiger charge is -2.11. The van der Waals surface area contributed by atoms with Crippen LogP contribution in [0, 0.1) is 12.7 Å². The molecule has 0 spiro atoms. The predicted molar refractivity (Wildman–Crippen MR) is 76.5 cm³/mol. The van der Waals surface area contributed by atoms with E-state index in [0.717, 1.165) is 5.56 Å². The molecule has 104 valence electrons. The van der Waals surface area contributed by atoms with Gasteiger partial charge in [0.25, 0.3) is 5.91 Å². The van der Waals surface area contributed by atoms with Crippen molar-refractivity contribution in [2.75, 3.05) is 18.2 Å². The van der Waals surface area contributed by atoms with Crippen molar-refractivity contribution in [3.05, 3.63) is 53.3 Å². The van der Waals surface area contributed by atoms with Crippen molar-refractivity contribution in [2.45, 2.75) is 6.92 Å². The highest BCUT2D eigenvalue weighted by molar-refractivity contribution is 6.08. The molecule has 2 aromatic carbocycles. The van der Waals surface area contributed by atoms with Crippen molar-refractivity contribution < 1.29 is 13.9 Å². The van der Waals surface area contributed by atoms with Gasteiger partial charge in [0.1, 0.15) is 11.6 Å². The van der Waals surface area contributed by atoms with E-state index < -0.39 is 5.82 Å². The molecule has 0 bridgehead atoms. The second kappa shape index (κ2) is 5.61. The summed E-state index contributed by atoms with van der Waals surface area (Å²) in [7, 11) is 1.41. The van der Waals surface area contributed by atoms with Gasteiger partial charge in [0.2, 0.25) is 0 Å². The molecule has 0 aromatic heterocycles. The van der Waals surface area contributed by atoms with E-state index in [4.69, 9.17) is 10.5 Å². The number of carbonyl (C=O) groups is 1. The van der Waals surface area contributed by atoms with Gasteiger partial charge in [-0.3, -0.25) is 4.79 Å². The third kappa shape index (κ3) is 2.88. The molecular formula is C15H15FN2O2. The second-order valence-corrected chi connectivity index (χ2v) is 4.39. The van der Waals surface area contributed by atoms with Gasteiger partial charge in [-0.05, 0) is 31.2 Å². The van der Waals surface area contributed by atoms with Crippen LogP contribution in [0.1, 0.15) is 15.9 Å². The lowest BCUT2D eigenvalue weighted by atomic mass is 10.1. The molecule has 0 unspecified atom stereocenters. The maximum Gasteiger partial charge on any atom is 0.257 e. The molecule has 0 saturated heterocycles. The average molecular weight is 274 g/mol. The normalized spacial score (nSPS) is 10.2. The van der Waals surface area contributed by atoms with Crippen LogP contribution >= 0.6 is 0 Å².